The molecule has 3 aliphatic rings. The highest BCUT2D eigenvalue weighted by Crippen LogP contribution is 2.34. The molecule has 4 heterocycles. The van der Waals surface area contributed by atoms with E-state index in [2.05, 4.69) is 10.6 Å². The van der Waals surface area contributed by atoms with E-state index in [4.69, 9.17) is 20.8 Å². The van der Waals surface area contributed by atoms with Crippen molar-refractivity contribution in [3.05, 3.63) is 74.3 Å². The second kappa shape index (κ2) is 11.8. The van der Waals surface area contributed by atoms with Crippen LogP contribution in [0.1, 0.15) is 75.1 Å². The lowest BCUT2D eigenvalue weighted by molar-refractivity contribution is -0.137. The lowest BCUT2D eigenvalue weighted by atomic mass is 9.92. The van der Waals surface area contributed by atoms with Crippen molar-refractivity contribution >= 4 is 52.5 Å². The van der Waals surface area contributed by atoms with Crippen LogP contribution in [0, 0.1) is 0 Å². The number of hydrogen-bond acceptors (Lipinski definition) is 8. The predicted molar refractivity (Wildman–Crippen MR) is 155 cm³/mol. The molecule has 2 aromatic heterocycles. The fourth-order valence-electron chi connectivity index (χ4n) is 5.59. The summed E-state index contributed by atoms with van der Waals surface area (Å²) < 4.78 is 11.0. The van der Waals surface area contributed by atoms with Crippen LogP contribution in [0.5, 0.6) is 5.75 Å². The van der Waals surface area contributed by atoms with Gasteiger partial charge in [0.2, 0.25) is 11.8 Å². The first kappa shape index (κ1) is 28.9. The summed E-state index contributed by atoms with van der Waals surface area (Å²) in [6.07, 6.45) is 3.13. The second-order valence-corrected chi connectivity index (χ2v) is 12.1. The predicted octanol–water partition coefficient (Wildman–Crippen LogP) is 3.82. The molecule has 0 spiro atoms. The zero-order valence-corrected chi connectivity index (χ0v) is 24.8. The Morgan fingerprint density at radius 1 is 1.19 bits per heavy atom. The minimum Gasteiger partial charge on any atom is -0.496 e. The molecule has 2 aliphatic heterocycles. The molecule has 5 amide bonds. The molecule has 2 unspecified atom stereocenters. The average Bonchev–Trinajstić information content (AvgIpc) is 3.69. The number of fused-ring (bicyclic) bond motifs is 1. The van der Waals surface area contributed by atoms with Crippen LogP contribution in [0.25, 0.3) is 0 Å². The summed E-state index contributed by atoms with van der Waals surface area (Å²) in [5, 5.41) is 7.12. The SMILES string of the molecule is COc1csc(C(=O)N(Cc2ccc3c(c2)C(=O)N(C2CCC(=O)NC2=O)C3)C(C(=O)NC2CCC2)c2ccc(Cl)o2)c1. The zero-order chi connectivity index (χ0) is 30.2. The van der Waals surface area contributed by atoms with E-state index >= 15 is 0 Å². The molecule has 0 bridgehead atoms. The Hall–Kier alpha value is -4.16. The molecule has 13 heteroatoms. The number of halogens is 1. The molecule has 43 heavy (non-hydrogen) atoms. The largest absolute Gasteiger partial charge is 0.496 e. The van der Waals surface area contributed by atoms with Gasteiger partial charge in [-0.05, 0) is 66.6 Å². The number of imide groups is 1. The molecule has 3 aromatic rings. The van der Waals surface area contributed by atoms with Gasteiger partial charge in [-0.3, -0.25) is 29.3 Å². The maximum Gasteiger partial charge on any atom is 0.265 e. The lowest BCUT2D eigenvalue weighted by Crippen LogP contribution is -2.52. The number of furan rings is 1. The van der Waals surface area contributed by atoms with Gasteiger partial charge in [-0.25, -0.2) is 0 Å². The molecule has 1 saturated heterocycles. The average molecular weight is 625 g/mol. The van der Waals surface area contributed by atoms with Crippen LogP contribution in [0.3, 0.4) is 0 Å². The number of nitrogens with zero attached hydrogens (tertiary/aromatic N) is 2. The number of benzene rings is 1. The molecule has 1 aromatic carbocycles. The van der Waals surface area contributed by atoms with Gasteiger partial charge in [-0.2, -0.15) is 0 Å². The first-order valence-electron chi connectivity index (χ1n) is 14.0. The number of nitrogens with one attached hydrogen (secondary N) is 2. The van der Waals surface area contributed by atoms with Crippen molar-refractivity contribution in [3.8, 4) is 5.75 Å². The number of ether oxygens (including phenoxy) is 1. The first-order chi connectivity index (χ1) is 20.7. The third-order valence-electron chi connectivity index (χ3n) is 8.10. The van der Waals surface area contributed by atoms with Crippen LogP contribution in [-0.2, 0) is 27.5 Å². The second-order valence-electron chi connectivity index (χ2n) is 10.9. The Kier molecular flexibility index (Phi) is 7.97. The van der Waals surface area contributed by atoms with Crippen molar-refractivity contribution < 1.29 is 33.1 Å². The highest BCUT2D eigenvalue weighted by atomic mass is 35.5. The normalized spacial score (nSPS) is 19.0. The molecule has 6 rings (SSSR count). The summed E-state index contributed by atoms with van der Waals surface area (Å²) in [7, 11) is 1.51. The van der Waals surface area contributed by atoms with Crippen molar-refractivity contribution in [1.82, 2.24) is 20.4 Å². The molecular weight excluding hydrogens is 596 g/mol. The number of thiophene rings is 1. The molecule has 2 fully saturated rings. The summed E-state index contributed by atoms with van der Waals surface area (Å²) >= 11 is 7.30. The smallest absolute Gasteiger partial charge is 0.265 e. The highest BCUT2D eigenvalue weighted by Gasteiger charge is 2.40. The van der Waals surface area contributed by atoms with Gasteiger partial charge in [0.1, 0.15) is 17.6 Å². The number of carbonyl (C=O) groups is 5. The van der Waals surface area contributed by atoms with E-state index in [1.807, 2.05) is 0 Å². The molecule has 224 valence electrons. The Labute approximate surface area is 256 Å². The molecular formula is C30H29ClN4O7S. The first-order valence-corrected chi connectivity index (χ1v) is 15.2. The van der Waals surface area contributed by atoms with Gasteiger partial charge in [-0.1, -0.05) is 12.1 Å². The fraction of sp³-hybridized carbons (Fsp3) is 0.367. The number of piperidine rings is 1. The third-order valence-corrected chi connectivity index (χ3v) is 9.20. The van der Waals surface area contributed by atoms with Gasteiger partial charge >= 0.3 is 0 Å². The Bertz CT molecular complexity index is 1610. The third kappa shape index (κ3) is 5.76. The van der Waals surface area contributed by atoms with Crippen LogP contribution in [0.4, 0.5) is 0 Å². The van der Waals surface area contributed by atoms with E-state index in [1.165, 1.54) is 34.3 Å². The molecule has 11 nitrogen and oxygen atoms in total. The van der Waals surface area contributed by atoms with Gasteiger partial charge in [0.05, 0.1) is 12.0 Å². The number of methoxy groups -OCH3 is 1. The zero-order valence-electron chi connectivity index (χ0n) is 23.3. The van der Waals surface area contributed by atoms with Crippen LogP contribution >= 0.6 is 22.9 Å². The van der Waals surface area contributed by atoms with Crippen LogP contribution in [-0.4, -0.2) is 58.5 Å². The van der Waals surface area contributed by atoms with Crippen LogP contribution in [0.2, 0.25) is 5.22 Å². The summed E-state index contributed by atoms with van der Waals surface area (Å²) in [5.41, 5.74) is 1.74. The Morgan fingerprint density at radius 2 is 2.00 bits per heavy atom. The van der Waals surface area contributed by atoms with E-state index in [1.54, 1.807) is 35.7 Å². The Morgan fingerprint density at radius 3 is 2.65 bits per heavy atom. The number of carbonyl (C=O) groups excluding carboxylic acids is 5. The topological polar surface area (TPSA) is 138 Å². The number of rotatable bonds is 9. The van der Waals surface area contributed by atoms with E-state index in [0.29, 0.717) is 21.8 Å². The standard InChI is InChI=1S/C30H29ClN4O7S/c1-41-19-12-23(43-15-19)30(40)35(26(22-8-9-24(31)42-22)28(38)32-18-3-2-4-18)13-16-5-6-17-14-34(29(39)20(17)11-16)21-7-10-25(36)33-27(21)37/h5-6,8-9,11-12,15,18,21,26H,2-4,7,10,13-14H2,1H3,(H,32,38)(H,33,36,37). The maximum atomic E-state index is 14.1. The minimum atomic E-state index is -1.14. The summed E-state index contributed by atoms with van der Waals surface area (Å²) in [6.45, 7) is 0.203. The van der Waals surface area contributed by atoms with Crippen molar-refractivity contribution in [1.29, 1.82) is 0 Å². The molecule has 2 atom stereocenters. The van der Waals surface area contributed by atoms with E-state index < -0.39 is 29.8 Å². The molecule has 0 radical (unpaired) electrons. The minimum absolute atomic E-state index is 0.00935. The molecule has 2 N–H and O–H groups in total. The van der Waals surface area contributed by atoms with Crippen molar-refractivity contribution in [2.45, 2.75) is 63.3 Å². The van der Waals surface area contributed by atoms with Gasteiger partial charge in [0.15, 0.2) is 11.3 Å². The van der Waals surface area contributed by atoms with E-state index in [0.717, 1.165) is 24.8 Å². The highest BCUT2D eigenvalue weighted by molar-refractivity contribution is 7.12. The van der Waals surface area contributed by atoms with E-state index in [-0.39, 0.29) is 54.8 Å². The Balaban J connectivity index is 1.33. The fourth-order valence-corrected chi connectivity index (χ4v) is 6.55. The quantitative estimate of drug-likeness (QED) is 0.345. The number of hydrogen-bond donors (Lipinski definition) is 2. The van der Waals surface area contributed by atoms with Crippen LogP contribution in [0.15, 0.2) is 46.2 Å². The van der Waals surface area contributed by atoms with Crippen molar-refractivity contribution in [2.75, 3.05) is 7.11 Å². The summed E-state index contributed by atoms with van der Waals surface area (Å²) in [6, 6.07) is 8.12. The van der Waals surface area contributed by atoms with E-state index in [9.17, 15) is 24.0 Å². The molecule has 1 aliphatic carbocycles. The van der Waals surface area contributed by atoms with Gasteiger partial charge in [0.25, 0.3) is 17.7 Å². The summed E-state index contributed by atoms with van der Waals surface area (Å²) in [5.74, 6) is -1.26. The monoisotopic (exact) mass is 624 g/mol. The van der Waals surface area contributed by atoms with Crippen molar-refractivity contribution in [2.24, 2.45) is 0 Å². The van der Waals surface area contributed by atoms with Gasteiger partial charge < -0.3 is 24.3 Å². The van der Waals surface area contributed by atoms with Crippen molar-refractivity contribution in [3.63, 3.8) is 0 Å². The van der Waals surface area contributed by atoms with Gasteiger partial charge in [-0.15, -0.1) is 11.3 Å². The molecule has 1 saturated carbocycles. The maximum absolute atomic E-state index is 14.1. The van der Waals surface area contributed by atoms with Gasteiger partial charge in [0, 0.05) is 42.6 Å². The number of amides is 5. The lowest BCUT2D eigenvalue weighted by Gasteiger charge is -2.33. The summed E-state index contributed by atoms with van der Waals surface area (Å²) in [4.78, 5) is 68.6. The van der Waals surface area contributed by atoms with Crippen LogP contribution < -0.4 is 15.4 Å².